The van der Waals surface area contributed by atoms with E-state index in [9.17, 15) is 8.42 Å². The molecular formula is C19H28N6O2S. The second-order valence-corrected chi connectivity index (χ2v) is 10.1. The zero-order valence-electron chi connectivity index (χ0n) is 16.6. The van der Waals surface area contributed by atoms with Gasteiger partial charge in [-0.05, 0) is 38.2 Å². The molecule has 8 nitrogen and oxygen atoms in total. The SMILES string of the molecule is CCCC(C)S(=O)(=O)N[C@H]1C[C@@H](CC)[C@@H](c2nnc3cnc4[nH]ccc4n23)C1. The van der Waals surface area contributed by atoms with Crippen molar-refractivity contribution in [2.24, 2.45) is 5.92 Å². The van der Waals surface area contributed by atoms with Gasteiger partial charge in [0.25, 0.3) is 0 Å². The molecular weight excluding hydrogens is 376 g/mol. The lowest BCUT2D eigenvalue weighted by atomic mass is 9.93. The molecule has 4 atom stereocenters. The van der Waals surface area contributed by atoms with Crippen LogP contribution in [0.4, 0.5) is 0 Å². The van der Waals surface area contributed by atoms with Gasteiger partial charge in [0.15, 0.2) is 11.3 Å². The predicted molar refractivity (Wildman–Crippen MR) is 109 cm³/mol. The van der Waals surface area contributed by atoms with Crippen LogP contribution in [-0.2, 0) is 10.0 Å². The summed E-state index contributed by atoms with van der Waals surface area (Å²) in [6.45, 7) is 5.96. The minimum atomic E-state index is -3.31. The van der Waals surface area contributed by atoms with Gasteiger partial charge >= 0.3 is 0 Å². The Morgan fingerprint density at radius 3 is 2.89 bits per heavy atom. The molecule has 0 aliphatic heterocycles. The highest BCUT2D eigenvalue weighted by molar-refractivity contribution is 7.90. The van der Waals surface area contributed by atoms with Crippen molar-refractivity contribution in [3.8, 4) is 0 Å². The second kappa shape index (κ2) is 7.44. The van der Waals surface area contributed by atoms with E-state index in [1.54, 1.807) is 13.1 Å². The summed E-state index contributed by atoms with van der Waals surface area (Å²) in [5.41, 5.74) is 2.47. The van der Waals surface area contributed by atoms with E-state index in [-0.39, 0.29) is 17.2 Å². The summed E-state index contributed by atoms with van der Waals surface area (Å²) in [6.07, 6.45) is 7.66. The van der Waals surface area contributed by atoms with Gasteiger partial charge in [-0.3, -0.25) is 4.40 Å². The topological polar surface area (TPSA) is 105 Å². The second-order valence-electron chi connectivity index (χ2n) is 7.93. The monoisotopic (exact) mass is 404 g/mol. The maximum Gasteiger partial charge on any atom is 0.214 e. The van der Waals surface area contributed by atoms with Crippen LogP contribution in [0.1, 0.15) is 64.6 Å². The van der Waals surface area contributed by atoms with E-state index in [4.69, 9.17) is 0 Å². The van der Waals surface area contributed by atoms with Crippen LogP contribution in [0, 0.1) is 5.92 Å². The summed E-state index contributed by atoms with van der Waals surface area (Å²) in [7, 11) is -3.31. The lowest BCUT2D eigenvalue weighted by molar-refractivity contribution is 0.449. The minimum Gasteiger partial charge on any atom is -0.345 e. The third kappa shape index (κ3) is 3.30. The standard InChI is InChI=1S/C19H28N6O2S/c1-4-6-12(3)28(26,27)24-14-9-13(5-2)15(10-14)19-23-22-17-11-21-18-16(25(17)19)7-8-20-18/h7-8,11-15,20,24H,4-6,9-10H2,1-3H3/t12?,13-,14+,15+/m1/s1. The van der Waals surface area contributed by atoms with E-state index in [0.29, 0.717) is 12.3 Å². The van der Waals surface area contributed by atoms with Crippen molar-refractivity contribution in [3.05, 3.63) is 24.3 Å². The van der Waals surface area contributed by atoms with E-state index in [1.165, 1.54) is 0 Å². The molecule has 1 saturated carbocycles. The Labute approximate surface area is 165 Å². The molecule has 1 aliphatic carbocycles. The lowest BCUT2D eigenvalue weighted by Crippen LogP contribution is -2.38. The molecule has 0 bridgehead atoms. The number of sulfonamides is 1. The van der Waals surface area contributed by atoms with E-state index in [1.807, 2.05) is 19.2 Å². The molecule has 2 N–H and O–H groups in total. The quantitative estimate of drug-likeness (QED) is 0.630. The first kappa shape index (κ1) is 19.3. The zero-order chi connectivity index (χ0) is 19.9. The number of hydrogen-bond acceptors (Lipinski definition) is 5. The van der Waals surface area contributed by atoms with Crippen LogP contribution in [0.2, 0.25) is 0 Å². The molecule has 1 unspecified atom stereocenters. The smallest absolute Gasteiger partial charge is 0.214 e. The number of fused-ring (bicyclic) bond motifs is 3. The number of nitrogens with zero attached hydrogens (tertiary/aromatic N) is 4. The van der Waals surface area contributed by atoms with E-state index < -0.39 is 10.0 Å². The molecule has 4 rings (SSSR count). The average Bonchev–Trinajstić information content (AvgIpc) is 3.37. The first-order valence-corrected chi connectivity index (χ1v) is 11.7. The van der Waals surface area contributed by atoms with Gasteiger partial charge in [-0.15, -0.1) is 10.2 Å². The Morgan fingerprint density at radius 1 is 1.32 bits per heavy atom. The molecule has 1 fully saturated rings. The molecule has 0 amide bonds. The fraction of sp³-hybridized carbons (Fsp3) is 0.632. The molecule has 152 valence electrons. The molecule has 0 radical (unpaired) electrons. The van der Waals surface area contributed by atoms with Crippen molar-refractivity contribution >= 4 is 26.8 Å². The van der Waals surface area contributed by atoms with Gasteiger partial charge in [0.1, 0.15) is 5.82 Å². The molecule has 0 spiro atoms. The highest BCUT2D eigenvalue weighted by Gasteiger charge is 2.39. The van der Waals surface area contributed by atoms with Crippen molar-refractivity contribution in [3.63, 3.8) is 0 Å². The zero-order valence-corrected chi connectivity index (χ0v) is 17.4. The van der Waals surface area contributed by atoms with Gasteiger partial charge in [0.2, 0.25) is 10.0 Å². The number of H-pyrrole nitrogens is 1. The first-order valence-electron chi connectivity index (χ1n) is 10.1. The van der Waals surface area contributed by atoms with Gasteiger partial charge in [-0.1, -0.05) is 26.7 Å². The summed E-state index contributed by atoms with van der Waals surface area (Å²) in [4.78, 5) is 7.51. The fourth-order valence-corrected chi connectivity index (χ4v) is 5.97. The van der Waals surface area contributed by atoms with Gasteiger partial charge in [0, 0.05) is 18.2 Å². The lowest BCUT2D eigenvalue weighted by Gasteiger charge is -2.17. The minimum absolute atomic E-state index is 0.0600. The summed E-state index contributed by atoms with van der Waals surface area (Å²) in [6, 6.07) is 1.92. The highest BCUT2D eigenvalue weighted by Crippen LogP contribution is 2.41. The van der Waals surface area contributed by atoms with Gasteiger partial charge < -0.3 is 4.98 Å². The third-order valence-corrected chi connectivity index (χ3v) is 8.03. The van der Waals surface area contributed by atoms with Crippen LogP contribution in [0.25, 0.3) is 16.8 Å². The van der Waals surface area contributed by atoms with E-state index in [0.717, 1.165) is 48.3 Å². The summed E-state index contributed by atoms with van der Waals surface area (Å²) in [5, 5.41) is 8.43. The number of aromatic nitrogens is 5. The normalized spacial score (nSPS) is 24.3. The van der Waals surface area contributed by atoms with Crippen LogP contribution in [0.3, 0.4) is 0 Å². The Hall–Kier alpha value is -2.00. The Bertz CT molecular complexity index is 1070. The van der Waals surface area contributed by atoms with Crippen molar-refractivity contribution in [1.29, 1.82) is 0 Å². The largest absolute Gasteiger partial charge is 0.345 e. The molecule has 0 aromatic carbocycles. The number of rotatable bonds is 7. The Kier molecular flexibility index (Phi) is 5.13. The van der Waals surface area contributed by atoms with Crippen LogP contribution in [-0.4, -0.2) is 44.3 Å². The molecule has 28 heavy (non-hydrogen) atoms. The summed E-state index contributed by atoms with van der Waals surface area (Å²) >= 11 is 0. The Morgan fingerprint density at radius 2 is 2.14 bits per heavy atom. The van der Waals surface area contributed by atoms with Crippen molar-refractivity contribution in [2.75, 3.05) is 0 Å². The van der Waals surface area contributed by atoms with Crippen molar-refractivity contribution in [1.82, 2.24) is 29.3 Å². The molecule has 3 aromatic heterocycles. The average molecular weight is 405 g/mol. The van der Waals surface area contributed by atoms with Crippen LogP contribution in [0.15, 0.2) is 18.5 Å². The first-order chi connectivity index (χ1) is 13.4. The van der Waals surface area contributed by atoms with Gasteiger partial charge in [0.05, 0.1) is 17.0 Å². The summed E-state index contributed by atoms with van der Waals surface area (Å²) in [5.74, 6) is 1.43. The number of nitrogens with one attached hydrogen (secondary N) is 2. The van der Waals surface area contributed by atoms with Gasteiger partial charge in [-0.25, -0.2) is 18.1 Å². The number of aromatic amines is 1. The maximum atomic E-state index is 12.7. The predicted octanol–water partition coefficient (Wildman–Crippen LogP) is 2.99. The molecule has 9 heteroatoms. The van der Waals surface area contributed by atoms with Gasteiger partial charge in [-0.2, -0.15) is 0 Å². The molecule has 3 aromatic rings. The highest BCUT2D eigenvalue weighted by atomic mass is 32.2. The third-order valence-electron chi connectivity index (χ3n) is 6.07. The van der Waals surface area contributed by atoms with Crippen molar-refractivity contribution < 1.29 is 8.42 Å². The van der Waals surface area contributed by atoms with E-state index >= 15 is 0 Å². The summed E-state index contributed by atoms with van der Waals surface area (Å²) < 4.78 is 30.4. The fourth-order valence-electron chi connectivity index (χ4n) is 4.54. The van der Waals surface area contributed by atoms with Crippen LogP contribution in [0.5, 0.6) is 0 Å². The maximum absolute atomic E-state index is 12.7. The van der Waals surface area contributed by atoms with Crippen molar-refractivity contribution in [2.45, 2.75) is 70.1 Å². The number of hydrogen-bond donors (Lipinski definition) is 2. The van der Waals surface area contributed by atoms with Crippen LogP contribution < -0.4 is 4.72 Å². The van der Waals surface area contributed by atoms with E-state index in [2.05, 4.69) is 36.2 Å². The molecule has 3 heterocycles. The molecule has 1 aliphatic rings. The Balaban J connectivity index is 1.64. The van der Waals surface area contributed by atoms with Crippen LogP contribution >= 0.6 is 0 Å². The molecule has 0 saturated heterocycles.